The first-order valence-electron chi connectivity index (χ1n) is 19.1. The minimum atomic E-state index is -0.826. The van der Waals surface area contributed by atoms with E-state index in [0.717, 1.165) is 27.8 Å². The fraction of sp³-hybridized carbons (Fsp3) is 0.362. The molecule has 8 rings (SSSR count). The molecule has 0 bridgehead atoms. The molecule has 6 aromatic rings. The van der Waals surface area contributed by atoms with Gasteiger partial charge in [0.2, 0.25) is 0 Å². The summed E-state index contributed by atoms with van der Waals surface area (Å²) in [5.41, 5.74) is 11.3. The summed E-state index contributed by atoms with van der Waals surface area (Å²) in [6, 6.07) is 41.3. The zero-order valence-corrected chi connectivity index (χ0v) is 36.1. The summed E-state index contributed by atoms with van der Waals surface area (Å²) >= 11 is -0.826. The Balaban J connectivity index is 0.000000172. The van der Waals surface area contributed by atoms with E-state index < -0.39 is 20.8 Å². The fourth-order valence-electron chi connectivity index (χ4n) is 8.13. The summed E-state index contributed by atoms with van der Waals surface area (Å²) in [5.74, 6) is 1.58. The van der Waals surface area contributed by atoms with Crippen molar-refractivity contribution in [1.82, 2.24) is 0 Å². The van der Waals surface area contributed by atoms with E-state index in [1.54, 1.807) is 0 Å². The average Bonchev–Trinajstić information content (AvgIpc) is 3.79. The normalized spacial score (nSPS) is 14.8. The molecule has 2 saturated carbocycles. The molecule has 2 aliphatic carbocycles. The second kappa shape index (κ2) is 20.9. The number of hydrogen-bond donors (Lipinski definition) is 0. The maximum atomic E-state index is 4.93. The summed E-state index contributed by atoms with van der Waals surface area (Å²) in [4.78, 5) is 0. The van der Waals surface area contributed by atoms with E-state index in [4.69, 9.17) is 17.0 Å². The van der Waals surface area contributed by atoms with Crippen LogP contribution in [0.15, 0.2) is 109 Å². The third kappa shape index (κ3) is 10.9. The summed E-state index contributed by atoms with van der Waals surface area (Å²) in [7, 11) is 11.0. The van der Waals surface area contributed by atoms with E-state index >= 15 is 0 Å². The van der Waals surface area contributed by atoms with Gasteiger partial charge in [0.15, 0.2) is 0 Å². The van der Waals surface area contributed by atoms with Gasteiger partial charge in [-0.15, -0.1) is 69.1 Å². The molecule has 0 saturated heterocycles. The van der Waals surface area contributed by atoms with Gasteiger partial charge in [-0.2, -0.15) is 12.1 Å². The first-order valence-corrected chi connectivity index (χ1v) is 27.4. The first kappa shape index (κ1) is 40.0. The van der Waals surface area contributed by atoms with Gasteiger partial charge in [0.05, 0.1) is 0 Å². The van der Waals surface area contributed by atoms with Crippen LogP contribution in [0.1, 0.15) is 105 Å². The fourth-order valence-corrected chi connectivity index (χ4v) is 8.13. The second-order valence-corrected chi connectivity index (χ2v) is 19.1. The Morgan fingerprint density at radius 2 is 1.02 bits per heavy atom. The maximum absolute atomic E-state index is 4.93. The van der Waals surface area contributed by atoms with Crippen molar-refractivity contribution in [3.8, 4) is 22.3 Å². The molecular formula is C47H54Cl2SiZr. The summed E-state index contributed by atoms with van der Waals surface area (Å²) in [5, 5.41) is 5.50. The van der Waals surface area contributed by atoms with Gasteiger partial charge in [0, 0.05) is 9.52 Å². The Morgan fingerprint density at radius 1 is 0.608 bits per heavy atom. The van der Waals surface area contributed by atoms with Crippen LogP contribution in [0.3, 0.4) is 0 Å². The number of rotatable bonds is 5. The van der Waals surface area contributed by atoms with Crippen LogP contribution in [0, 0.1) is 6.92 Å². The van der Waals surface area contributed by atoms with Gasteiger partial charge in [0.25, 0.3) is 0 Å². The van der Waals surface area contributed by atoms with Crippen LogP contribution < -0.4 is 0 Å². The Morgan fingerprint density at radius 3 is 1.45 bits per heavy atom. The van der Waals surface area contributed by atoms with Crippen molar-refractivity contribution >= 4 is 48.1 Å². The van der Waals surface area contributed by atoms with Crippen LogP contribution in [-0.4, -0.2) is 9.52 Å². The third-order valence-corrected chi connectivity index (χ3v) is 10.7. The van der Waals surface area contributed by atoms with E-state index in [9.17, 15) is 0 Å². The number of hydrogen-bond acceptors (Lipinski definition) is 0. The minimum absolute atomic E-state index is 0.791. The molecular weight excluding hydrogens is 755 g/mol. The Labute approximate surface area is 329 Å². The van der Waals surface area contributed by atoms with E-state index in [2.05, 4.69) is 136 Å². The van der Waals surface area contributed by atoms with Crippen molar-refractivity contribution in [1.29, 1.82) is 0 Å². The standard InChI is InChI=1S/C23H25.C22H23.C2H6Si.2ClH.Zr/c1-2-17-15-21-9-6-10-22(23(21)16-17)20-13-11-19(12-14-20)18-7-4-3-5-8-18;1-16-14-20-8-5-9-21(22(20)15-16)19-12-10-18(11-13-19)17-6-3-2-4-7-17;1-3-2;;;/h6,9-16,18H,2-5,7-8H2,1H3;5,8-15,17H,2-4,6-7H2,1H3;1-2H3;2*1H;/q2*-1;;;;+4/p-2. The van der Waals surface area contributed by atoms with Gasteiger partial charge < -0.3 is 0 Å². The first-order chi connectivity index (χ1) is 25.0. The van der Waals surface area contributed by atoms with Crippen molar-refractivity contribution < 1.29 is 20.8 Å². The van der Waals surface area contributed by atoms with Gasteiger partial charge in [-0.25, -0.2) is 0 Å². The van der Waals surface area contributed by atoms with Gasteiger partial charge in [-0.3, -0.25) is 0 Å². The quantitative estimate of drug-likeness (QED) is 0.120. The summed E-state index contributed by atoms with van der Waals surface area (Å²) < 4.78 is 0. The molecule has 6 aromatic carbocycles. The van der Waals surface area contributed by atoms with Gasteiger partial charge in [-0.05, 0) is 66.2 Å². The van der Waals surface area contributed by atoms with Gasteiger partial charge in [-0.1, -0.05) is 137 Å². The van der Waals surface area contributed by atoms with Crippen LogP contribution in [0.25, 0.3) is 43.8 Å². The molecule has 2 fully saturated rings. The van der Waals surface area contributed by atoms with Crippen molar-refractivity contribution in [2.24, 2.45) is 0 Å². The molecule has 2 radical (unpaired) electrons. The van der Waals surface area contributed by atoms with E-state index in [1.807, 2.05) is 0 Å². The van der Waals surface area contributed by atoms with E-state index in [0.29, 0.717) is 0 Å². The average molecular weight is 809 g/mol. The molecule has 0 spiro atoms. The summed E-state index contributed by atoms with van der Waals surface area (Å²) in [6.45, 7) is 8.71. The zero-order chi connectivity index (χ0) is 36.0. The Kier molecular flexibility index (Phi) is 16.4. The van der Waals surface area contributed by atoms with Gasteiger partial charge in [0.1, 0.15) is 0 Å². The zero-order valence-electron chi connectivity index (χ0n) is 31.1. The monoisotopic (exact) mass is 806 g/mol. The van der Waals surface area contributed by atoms with Crippen LogP contribution in [-0.2, 0) is 27.3 Å². The molecule has 0 heterocycles. The molecule has 0 atom stereocenters. The third-order valence-electron chi connectivity index (χ3n) is 10.7. The topological polar surface area (TPSA) is 0 Å². The second-order valence-electron chi connectivity index (χ2n) is 14.4. The molecule has 4 heteroatoms. The predicted octanol–water partition coefficient (Wildman–Crippen LogP) is 15.6. The van der Waals surface area contributed by atoms with Crippen molar-refractivity contribution in [3.63, 3.8) is 0 Å². The number of aryl methyl sites for hydroxylation is 2. The van der Waals surface area contributed by atoms with Crippen molar-refractivity contribution in [3.05, 3.63) is 131 Å². The number of benzene rings is 4. The molecule has 0 aromatic heterocycles. The van der Waals surface area contributed by atoms with E-state index in [-0.39, 0.29) is 0 Å². The number of fused-ring (bicyclic) bond motifs is 2. The predicted molar refractivity (Wildman–Crippen MR) is 225 cm³/mol. The van der Waals surface area contributed by atoms with Crippen LogP contribution in [0.2, 0.25) is 13.1 Å². The summed E-state index contributed by atoms with van der Waals surface area (Å²) in [6.07, 6.45) is 15.0. The van der Waals surface area contributed by atoms with Crippen LogP contribution >= 0.6 is 17.0 Å². The van der Waals surface area contributed by atoms with Crippen LogP contribution in [0.4, 0.5) is 0 Å². The van der Waals surface area contributed by atoms with Crippen molar-refractivity contribution in [2.45, 2.75) is 109 Å². The van der Waals surface area contributed by atoms with Gasteiger partial charge >= 0.3 is 37.9 Å². The molecule has 0 N–H and O–H groups in total. The van der Waals surface area contributed by atoms with Crippen LogP contribution in [0.5, 0.6) is 0 Å². The molecule has 0 unspecified atom stereocenters. The molecule has 2 aliphatic rings. The Bertz CT molecular complexity index is 1890. The molecule has 0 amide bonds. The molecule has 0 aliphatic heterocycles. The molecule has 0 nitrogen and oxygen atoms in total. The SMILES string of the molecule is CCc1cc2c(-c3ccc(C4CCCCC4)cc3)cccc2[cH-]1.C[Si]C.Cc1cc2c(-c3ccc(C4CCCCC4)cc3)cccc2[cH-]1.[Cl][Zr+2][Cl]. The molecule has 264 valence electrons. The number of halogens is 2. The van der Waals surface area contributed by atoms with Crippen molar-refractivity contribution in [2.75, 3.05) is 0 Å². The molecule has 51 heavy (non-hydrogen) atoms. The van der Waals surface area contributed by atoms with E-state index in [1.165, 1.54) is 130 Å². The Hall–Kier alpha value is -2.22.